The number of aromatic nitrogens is 2. The summed E-state index contributed by atoms with van der Waals surface area (Å²) >= 11 is 0. The molecule has 1 aromatic heterocycles. The lowest BCUT2D eigenvalue weighted by Gasteiger charge is -2.12. The maximum absolute atomic E-state index is 11.5. The van der Waals surface area contributed by atoms with E-state index in [2.05, 4.69) is 4.98 Å². The van der Waals surface area contributed by atoms with Gasteiger partial charge in [0.2, 0.25) is 6.33 Å². The van der Waals surface area contributed by atoms with Crippen LogP contribution in [0, 0.1) is 10.1 Å². The van der Waals surface area contributed by atoms with Crippen LogP contribution in [0.1, 0.15) is 17.2 Å². The van der Waals surface area contributed by atoms with Gasteiger partial charge in [-0.1, -0.05) is 30.3 Å². The fraction of sp³-hybridized carbons (Fsp3) is 0.231. The van der Waals surface area contributed by atoms with E-state index in [9.17, 15) is 20.0 Å². The second-order valence-corrected chi connectivity index (χ2v) is 4.40. The van der Waals surface area contributed by atoms with E-state index in [-0.39, 0.29) is 12.1 Å². The lowest BCUT2D eigenvalue weighted by molar-refractivity contribution is -0.390. The Bertz CT molecular complexity index is 636. The Hall–Kier alpha value is -2.70. The van der Waals surface area contributed by atoms with Gasteiger partial charge in [0, 0.05) is 7.05 Å². The number of nitro groups is 1. The summed E-state index contributed by atoms with van der Waals surface area (Å²) in [6.07, 6.45) is 1.44. The number of carboxylic acids is 1. The van der Waals surface area contributed by atoms with Gasteiger partial charge in [-0.05, 0) is 21.9 Å². The third-order valence-electron chi connectivity index (χ3n) is 3.05. The van der Waals surface area contributed by atoms with Crippen LogP contribution in [0.15, 0.2) is 36.7 Å². The number of carbonyl (C=O) groups is 1. The second-order valence-electron chi connectivity index (χ2n) is 4.40. The Kier molecular flexibility index (Phi) is 3.79. The molecule has 1 aromatic carbocycles. The third kappa shape index (κ3) is 2.66. The van der Waals surface area contributed by atoms with E-state index >= 15 is 0 Å². The number of aliphatic carboxylic acids is 1. The maximum Gasteiger partial charge on any atom is 0.385 e. The van der Waals surface area contributed by atoms with Crippen molar-refractivity contribution >= 4 is 11.8 Å². The maximum atomic E-state index is 11.5. The van der Waals surface area contributed by atoms with Crippen molar-refractivity contribution in [1.29, 1.82) is 0 Å². The van der Waals surface area contributed by atoms with Crippen molar-refractivity contribution in [3.8, 4) is 0 Å². The number of nitrogens with zero attached hydrogens (tertiary/aromatic N) is 3. The summed E-state index contributed by atoms with van der Waals surface area (Å²) in [6, 6.07) is 9.00. The third-order valence-corrected chi connectivity index (χ3v) is 3.05. The standard InChI is InChI=1S/C13H13N3O4/c1-15-8-14-12(16(19)20)11(15)10(13(17)18)7-9-5-3-2-4-6-9/h2-6,8,10H,7H2,1H3,(H,17,18). The quantitative estimate of drug-likeness (QED) is 0.662. The second kappa shape index (κ2) is 5.52. The molecular weight excluding hydrogens is 262 g/mol. The highest BCUT2D eigenvalue weighted by molar-refractivity contribution is 5.77. The van der Waals surface area contributed by atoms with Crippen LogP contribution in [0.2, 0.25) is 0 Å². The minimum Gasteiger partial charge on any atom is -0.481 e. The van der Waals surface area contributed by atoms with Gasteiger partial charge in [-0.15, -0.1) is 0 Å². The summed E-state index contributed by atoms with van der Waals surface area (Å²) in [6.45, 7) is 0. The number of hydrogen-bond donors (Lipinski definition) is 1. The van der Waals surface area contributed by atoms with Crippen molar-refractivity contribution in [2.24, 2.45) is 7.05 Å². The van der Waals surface area contributed by atoms with Crippen molar-refractivity contribution < 1.29 is 14.8 Å². The van der Waals surface area contributed by atoms with E-state index in [1.54, 1.807) is 31.3 Å². The van der Waals surface area contributed by atoms with Crippen molar-refractivity contribution in [2.45, 2.75) is 12.3 Å². The smallest absolute Gasteiger partial charge is 0.385 e. The highest BCUT2D eigenvalue weighted by Gasteiger charge is 2.32. The summed E-state index contributed by atoms with van der Waals surface area (Å²) in [4.78, 5) is 25.4. The molecule has 2 aromatic rings. The highest BCUT2D eigenvalue weighted by Crippen LogP contribution is 2.28. The van der Waals surface area contributed by atoms with Crippen LogP contribution in [-0.2, 0) is 18.3 Å². The first-order chi connectivity index (χ1) is 9.50. The van der Waals surface area contributed by atoms with Crippen molar-refractivity contribution in [3.05, 3.63) is 58.0 Å². The van der Waals surface area contributed by atoms with Crippen LogP contribution in [0.25, 0.3) is 0 Å². The zero-order valence-electron chi connectivity index (χ0n) is 10.8. The van der Waals surface area contributed by atoms with E-state index in [0.29, 0.717) is 0 Å². The van der Waals surface area contributed by atoms with Crippen molar-refractivity contribution in [1.82, 2.24) is 9.55 Å². The first-order valence-electron chi connectivity index (χ1n) is 5.93. The molecule has 1 unspecified atom stereocenters. The van der Waals surface area contributed by atoms with Crippen LogP contribution in [0.3, 0.4) is 0 Å². The summed E-state index contributed by atoms with van der Waals surface area (Å²) in [5.74, 6) is -2.53. The summed E-state index contributed by atoms with van der Waals surface area (Å²) < 4.78 is 1.39. The van der Waals surface area contributed by atoms with Crippen LogP contribution in [-0.4, -0.2) is 25.6 Å². The predicted molar refractivity (Wildman–Crippen MR) is 70.4 cm³/mol. The molecule has 0 amide bonds. The van der Waals surface area contributed by atoms with Crippen molar-refractivity contribution in [2.75, 3.05) is 0 Å². The van der Waals surface area contributed by atoms with E-state index < -0.39 is 22.6 Å². The molecule has 0 radical (unpaired) electrons. The molecule has 0 saturated heterocycles. The summed E-state index contributed by atoms with van der Waals surface area (Å²) in [5, 5.41) is 20.3. The summed E-state index contributed by atoms with van der Waals surface area (Å²) in [7, 11) is 1.55. The molecule has 20 heavy (non-hydrogen) atoms. The Morgan fingerprint density at radius 3 is 2.65 bits per heavy atom. The molecule has 2 rings (SSSR count). The first kappa shape index (κ1) is 13.7. The highest BCUT2D eigenvalue weighted by atomic mass is 16.6. The fourth-order valence-corrected chi connectivity index (χ4v) is 2.12. The van der Waals surface area contributed by atoms with Gasteiger partial charge in [-0.3, -0.25) is 4.79 Å². The molecule has 0 aliphatic carbocycles. The molecular formula is C13H13N3O4. The van der Waals surface area contributed by atoms with Gasteiger partial charge < -0.3 is 19.8 Å². The SMILES string of the molecule is Cn1cnc([N+](=O)[O-])c1C(Cc1ccccc1)C(=O)O. The van der Waals surface area contributed by atoms with Gasteiger partial charge in [-0.25, -0.2) is 0 Å². The molecule has 1 heterocycles. The topological polar surface area (TPSA) is 98.3 Å². The average molecular weight is 275 g/mol. The largest absolute Gasteiger partial charge is 0.481 e. The molecule has 1 N–H and O–H groups in total. The molecule has 1 atom stereocenters. The minimum atomic E-state index is -1.11. The normalized spacial score (nSPS) is 12.1. The Morgan fingerprint density at radius 1 is 1.45 bits per heavy atom. The first-order valence-corrected chi connectivity index (χ1v) is 5.93. The lowest BCUT2D eigenvalue weighted by Crippen LogP contribution is -2.18. The van der Waals surface area contributed by atoms with Crippen LogP contribution in [0.5, 0.6) is 0 Å². The van der Waals surface area contributed by atoms with Gasteiger partial charge in [0.15, 0.2) is 0 Å². The van der Waals surface area contributed by atoms with Gasteiger partial charge in [0.25, 0.3) is 0 Å². The van der Waals surface area contributed by atoms with Gasteiger partial charge in [-0.2, -0.15) is 0 Å². The molecule has 0 fully saturated rings. The molecule has 7 heteroatoms. The molecule has 0 aliphatic rings. The van der Waals surface area contributed by atoms with Gasteiger partial charge in [0.1, 0.15) is 11.6 Å². The van der Waals surface area contributed by atoms with Crippen molar-refractivity contribution in [3.63, 3.8) is 0 Å². The Labute approximate surface area is 114 Å². The van der Waals surface area contributed by atoms with Crippen LogP contribution in [0.4, 0.5) is 5.82 Å². The predicted octanol–water partition coefficient (Wildman–Crippen LogP) is 1.74. The van der Waals surface area contributed by atoms with E-state index in [4.69, 9.17) is 0 Å². The fourth-order valence-electron chi connectivity index (χ4n) is 2.12. The van der Waals surface area contributed by atoms with Gasteiger partial charge in [0.05, 0.1) is 0 Å². The molecule has 104 valence electrons. The zero-order chi connectivity index (χ0) is 14.7. The number of benzene rings is 1. The lowest BCUT2D eigenvalue weighted by atomic mass is 9.96. The Balaban J connectivity index is 2.42. The minimum absolute atomic E-state index is 0.103. The Morgan fingerprint density at radius 2 is 2.10 bits per heavy atom. The van der Waals surface area contributed by atoms with Crippen LogP contribution >= 0.6 is 0 Å². The molecule has 7 nitrogen and oxygen atoms in total. The van der Waals surface area contributed by atoms with E-state index in [1.165, 1.54) is 10.9 Å². The number of rotatable bonds is 5. The molecule has 0 saturated carbocycles. The number of hydrogen-bond acceptors (Lipinski definition) is 4. The molecule has 0 spiro atoms. The average Bonchev–Trinajstić information content (AvgIpc) is 2.79. The number of imidazole rings is 1. The number of aryl methyl sites for hydroxylation is 1. The monoisotopic (exact) mass is 275 g/mol. The zero-order valence-corrected chi connectivity index (χ0v) is 10.8. The molecule has 0 aliphatic heterocycles. The van der Waals surface area contributed by atoms with Crippen LogP contribution < -0.4 is 0 Å². The van der Waals surface area contributed by atoms with E-state index in [0.717, 1.165) is 5.56 Å². The summed E-state index contributed by atoms with van der Waals surface area (Å²) in [5.41, 5.74) is 0.904. The van der Waals surface area contributed by atoms with Gasteiger partial charge >= 0.3 is 11.8 Å². The molecule has 0 bridgehead atoms. The van der Waals surface area contributed by atoms with E-state index in [1.807, 2.05) is 6.07 Å². The number of carboxylic acid groups (broad SMARTS) is 1.